The second kappa shape index (κ2) is 5.37. The van der Waals surface area contributed by atoms with Crippen molar-refractivity contribution >= 4 is 29.0 Å². The van der Waals surface area contributed by atoms with E-state index in [1.165, 1.54) is 11.1 Å². The number of carbonyl (C=O) groups is 1. The first kappa shape index (κ1) is 13.9. The first-order valence-corrected chi connectivity index (χ1v) is 7.27. The SMILES string of the molecule is Cc1ccc2c(c1)CCCN2C(=O)c1nc(N)ccc1Cl. The fraction of sp³-hybridized carbons (Fsp3) is 0.250. The van der Waals surface area contributed by atoms with Gasteiger partial charge in [0.1, 0.15) is 11.5 Å². The summed E-state index contributed by atoms with van der Waals surface area (Å²) in [6.45, 7) is 2.72. The van der Waals surface area contributed by atoms with Crippen molar-refractivity contribution < 1.29 is 4.79 Å². The molecule has 0 bridgehead atoms. The molecule has 0 aliphatic carbocycles. The largest absolute Gasteiger partial charge is 0.384 e. The number of carbonyl (C=O) groups excluding carboxylic acids is 1. The van der Waals surface area contributed by atoms with Crippen LogP contribution in [0, 0.1) is 6.92 Å². The Balaban J connectivity index is 2.02. The van der Waals surface area contributed by atoms with Gasteiger partial charge in [0.05, 0.1) is 5.02 Å². The van der Waals surface area contributed by atoms with Gasteiger partial charge in [-0.05, 0) is 43.5 Å². The normalized spacial score (nSPS) is 13.9. The number of rotatable bonds is 1. The average molecular weight is 302 g/mol. The summed E-state index contributed by atoms with van der Waals surface area (Å²) < 4.78 is 0. The van der Waals surface area contributed by atoms with Gasteiger partial charge >= 0.3 is 0 Å². The molecule has 0 radical (unpaired) electrons. The van der Waals surface area contributed by atoms with Gasteiger partial charge in [0.2, 0.25) is 0 Å². The number of anilines is 2. The zero-order valence-electron chi connectivity index (χ0n) is 11.8. The van der Waals surface area contributed by atoms with E-state index < -0.39 is 0 Å². The third-order valence-electron chi connectivity index (χ3n) is 3.67. The Morgan fingerprint density at radius 2 is 2.14 bits per heavy atom. The second-order valence-electron chi connectivity index (χ2n) is 5.26. The molecule has 1 amide bonds. The van der Waals surface area contributed by atoms with E-state index in [9.17, 15) is 4.79 Å². The van der Waals surface area contributed by atoms with Crippen LogP contribution in [0.4, 0.5) is 11.5 Å². The summed E-state index contributed by atoms with van der Waals surface area (Å²) in [5, 5.41) is 0.327. The monoisotopic (exact) mass is 301 g/mol. The number of nitrogens with zero attached hydrogens (tertiary/aromatic N) is 2. The van der Waals surface area contributed by atoms with E-state index in [1.807, 2.05) is 12.1 Å². The van der Waals surface area contributed by atoms with Gasteiger partial charge in [-0.25, -0.2) is 4.98 Å². The van der Waals surface area contributed by atoms with E-state index >= 15 is 0 Å². The highest BCUT2D eigenvalue weighted by Gasteiger charge is 2.26. The number of benzene rings is 1. The van der Waals surface area contributed by atoms with Gasteiger partial charge in [-0.1, -0.05) is 29.3 Å². The van der Waals surface area contributed by atoms with E-state index in [4.69, 9.17) is 17.3 Å². The van der Waals surface area contributed by atoms with E-state index in [0.717, 1.165) is 18.5 Å². The smallest absolute Gasteiger partial charge is 0.278 e. The Bertz CT molecular complexity index is 715. The number of aryl methyl sites for hydroxylation is 2. The zero-order valence-corrected chi connectivity index (χ0v) is 12.5. The Labute approximate surface area is 128 Å². The minimum absolute atomic E-state index is 0.197. The highest BCUT2D eigenvalue weighted by molar-refractivity contribution is 6.34. The van der Waals surface area contributed by atoms with E-state index in [0.29, 0.717) is 17.4 Å². The molecule has 0 fully saturated rings. The van der Waals surface area contributed by atoms with Crippen molar-refractivity contribution in [3.63, 3.8) is 0 Å². The molecule has 2 aromatic rings. The summed E-state index contributed by atoms with van der Waals surface area (Å²) in [5.74, 6) is 0.0981. The Kier molecular flexibility index (Phi) is 3.55. The second-order valence-corrected chi connectivity index (χ2v) is 5.67. The van der Waals surface area contributed by atoms with Crippen LogP contribution in [0.5, 0.6) is 0 Å². The maximum absolute atomic E-state index is 12.7. The Hall–Kier alpha value is -2.07. The number of amides is 1. The molecule has 1 aliphatic heterocycles. The summed E-state index contributed by atoms with van der Waals surface area (Å²) >= 11 is 6.10. The van der Waals surface area contributed by atoms with Crippen molar-refractivity contribution in [3.8, 4) is 0 Å². The predicted molar refractivity (Wildman–Crippen MR) is 84.8 cm³/mol. The van der Waals surface area contributed by atoms with Crippen LogP contribution in [-0.4, -0.2) is 17.4 Å². The molecule has 2 heterocycles. The van der Waals surface area contributed by atoms with Crippen LogP contribution in [0.3, 0.4) is 0 Å². The fourth-order valence-corrected chi connectivity index (χ4v) is 2.86. The van der Waals surface area contributed by atoms with Crippen molar-refractivity contribution in [1.29, 1.82) is 0 Å². The lowest BCUT2D eigenvalue weighted by Gasteiger charge is -2.29. The molecule has 1 aromatic carbocycles. The van der Waals surface area contributed by atoms with Gasteiger partial charge < -0.3 is 10.6 Å². The molecule has 1 aliphatic rings. The molecule has 0 saturated heterocycles. The summed E-state index contributed by atoms with van der Waals surface area (Å²) in [4.78, 5) is 18.6. The van der Waals surface area contributed by atoms with Gasteiger partial charge in [-0.2, -0.15) is 0 Å². The number of nitrogens with two attached hydrogens (primary N) is 1. The van der Waals surface area contributed by atoms with Gasteiger partial charge in [-0.3, -0.25) is 4.79 Å². The van der Waals surface area contributed by atoms with E-state index in [-0.39, 0.29) is 11.6 Å². The van der Waals surface area contributed by atoms with Crippen LogP contribution in [0.2, 0.25) is 5.02 Å². The van der Waals surface area contributed by atoms with Crippen molar-refractivity contribution in [2.75, 3.05) is 17.2 Å². The molecule has 21 heavy (non-hydrogen) atoms. The maximum atomic E-state index is 12.7. The quantitative estimate of drug-likeness (QED) is 0.880. The van der Waals surface area contributed by atoms with Crippen LogP contribution >= 0.6 is 11.6 Å². The summed E-state index contributed by atoms with van der Waals surface area (Å²) in [5.41, 5.74) is 9.21. The van der Waals surface area contributed by atoms with E-state index in [1.54, 1.807) is 17.0 Å². The van der Waals surface area contributed by atoms with E-state index in [2.05, 4.69) is 18.0 Å². The molecule has 0 saturated carbocycles. The third-order valence-corrected chi connectivity index (χ3v) is 3.97. The Morgan fingerprint density at radius 1 is 1.33 bits per heavy atom. The molecular formula is C16H16ClN3O. The molecule has 108 valence electrons. The molecule has 0 unspecified atom stereocenters. The minimum atomic E-state index is -0.197. The Morgan fingerprint density at radius 3 is 2.95 bits per heavy atom. The number of nitrogen functional groups attached to an aromatic ring is 1. The van der Waals surface area contributed by atoms with Crippen molar-refractivity contribution in [2.24, 2.45) is 0 Å². The average Bonchev–Trinajstić information content (AvgIpc) is 2.48. The summed E-state index contributed by atoms with van der Waals surface area (Å²) in [6, 6.07) is 9.33. The lowest BCUT2D eigenvalue weighted by Crippen LogP contribution is -2.36. The molecule has 3 rings (SSSR count). The van der Waals surface area contributed by atoms with Gasteiger partial charge in [0.25, 0.3) is 5.91 Å². The molecule has 2 N–H and O–H groups in total. The topological polar surface area (TPSA) is 59.2 Å². The number of halogens is 1. The molecule has 4 nitrogen and oxygen atoms in total. The van der Waals surface area contributed by atoms with Gasteiger partial charge in [0, 0.05) is 12.2 Å². The van der Waals surface area contributed by atoms with Crippen LogP contribution in [0.15, 0.2) is 30.3 Å². The third kappa shape index (κ3) is 2.59. The first-order valence-electron chi connectivity index (χ1n) is 6.89. The lowest BCUT2D eigenvalue weighted by molar-refractivity contribution is 0.0980. The number of hydrogen-bond donors (Lipinski definition) is 1. The summed E-state index contributed by atoms with van der Waals surface area (Å²) in [7, 11) is 0. The highest BCUT2D eigenvalue weighted by atomic mass is 35.5. The van der Waals surface area contributed by atoms with Gasteiger partial charge in [0.15, 0.2) is 0 Å². The van der Waals surface area contributed by atoms with Crippen LogP contribution in [0.1, 0.15) is 28.0 Å². The summed E-state index contributed by atoms with van der Waals surface area (Å²) in [6.07, 6.45) is 1.92. The number of pyridine rings is 1. The molecule has 5 heteroatoms. The standard InChI is InChI=1S/C16H16ClN3O/c1-10-4-6-13-11(9-10)3-2-8-20(13)16(21)15-12(17)5-7-14(18)19-15/h4-7,9H,2-3,8H2,1H3,(H2,18,19). The highest BCUT2D eigenvalue weighted by Crippen LogP contribution is 2.30. The molecule has 0 spiro atoms. The fourth-order valence-electron chi connectivity index (χ4n) is 2.67. The minimum Gasteiger partial charge on any atom is -0.384 e. The predicted octanol–water partition coefficient (Wildman–Crippen LogP) is 3.22. The van der Waals surface area contributed by atoms with Crippen LogP contribution < -0.4 is 10.6 Å². The van der Waals surface area contributed by atoms with Crippen molar-refractivity contribution in [3.05, 3.63) is 52.2 Å². The maximum Gasteiger partial charge on any atom is 0.278 e. The molecule has 0 atom stereocenters. The molecule has 1 aromatic heterocycles. The number of fused-ring (bicyclic) bond motifs is 1. The number of aromatic nitrogens is 1. The lowest BCUT2D eigenvalue weighted by atomic mass is 9.99. The van der Waals surface area contributed by atoms with Crippen LogP contribution in [-0.2, 0) is 6.42 Å². The first-order chi connectivity index (χ1) is 10.1. The number of hydrogen-bond acceptors (Lipinski definition) is 3. The zero-order chi connectivity index (χ0) is 15.0. The van der Waals surface area contributed by atoms with Gasteiger partial charge in [-0.15, -0.1) is 0 Å². The molecular weight excluding hydrogens is 286 g/mol. The van der Waals surface area contributed by atoms with Crippen LogP contribution in [0.25, 0.3) is 0 Å². The van der Waals surface area contributed by atoms with Crippen molar-refractivity contribution in [2.45, 2.75) is 19.8 Å². The van der Waals surface area contributed by atoms with Crippen molar-refractivity contribution in [1.82, 2.24) is 4.98 Å².